The maximum absolute atomic E-state index is 13.4. The molecule has 0 amide bonds. The predicted molar refractivity (Wildman–Crippen MR) is 102 cm³/mol. The van der Waals surface area contributed by atoms with Crippen LogP contribution >= 0.6 is 23.5 Å². The number of anilines is 1. The van der Waals surface area contributed by atoms with E-state index in [9.17, 15) is 9.67 Å². The van der Waals surface area contributed by atoms with Crippen molar-refractivity contribution in [3.05, 3.63) is 58.6 Å². The molecule has 0 radical (unpaired) electrons. The molecule has 1 aliphatic heterocycles. The summed E-state index contributed by atoms with van der Waals surface area (Å²) in [7, 11) is -3.42. The van der Waals surface area contributed by atoms with Crippen molar-refractivity contribution >= 4 is 29.2 Å². The number of rotatable bonds is 4. The quantitative estimate of drug-likeness (QED) is 0.630. The van der Waals surface area contributed by atoms with E-state index >= 15 is 0 Å². The average molecular weight is 426 g/mol. The Kier molecular flexibility index (Phi) is 5.26. The topological polar surface area (TPSA) is 67.8 Å². The maximum Gasteiger partial charge on any atom is 0.357 e. The van der Waals surface area contributed by atoms with Crippen molar-refractivity contribution in [1.82, 2.24) is 0 Å². The zero-order chi connectivity index (χ0) is 18.1. The summed E-state index contributed by atoms with van der Waals surface area (Å²) in [5.41, 5.74) is 1.35. The van der Waals surface area contributed by atoms with Gasteiger partial charge in [0, 0.05) is 15.6 Å². The molecule has 5 nitrogen and oxygen atoms in total. The van der Waals surface area contributed by atoms with Crippen molar-refractivity contribution in [2.75, 3.05) is 18.5 Å². The molecule has 2 N–H and O–H groups in total. The van der Waals surface area contributed by atoms with Gasteiger partial charge < -0.3 is 19.5 Å². The maximum atomic E-state index is 13.4. The Hall–Kier alpha value is -1.33. The smallest absolute Gasteiger partial charge is 0.357 e. The molecule has 1 atom stereocenters. The van der Waals surface area contributed by atoms with E-state index in [2.05, 4.69) is 21.2 Å². The van der Waals surface area contributed by atoms with Crippen LogP contribution in [0.3, 0.4) is 0 Å². The minimum absolute atomic E-state index is 0.149. The zero-order valence-electron chi connectivity index (χ0n) is 14.1. The van der Waals surface area contributed by atoms with Gasteiger partial charge >= 0.3 is 7.60 Å². The molecule has 25 heavy (non-hydrogen) atoms. The lowest BCUT2D eigenvalue weighted by Crippen LogP contribution is -2.31. The van der Waals surface area contributed by atoms with Crippen LogP contribution in [-0.4, -0.2) is 18.3 Å². The number of benzene rings is 2. The third-order valence-corrected chi connectivity index (χ3v) is 6.51. The Morgan fingerprint density at radius 3 is 2.20 bits per heavy atom. The van der Waals surface area contributed by atoms with E-state index in [-0.39, 0.29) is 11.2 Å². The molecule has 0 saturated carbocycles. The fraction of sp³-hybridized carbons (Fsp3) is 0.333. The van der Waals surface area contributed by atoms with Gasteiger partial charge in [-0.25, -0.2) is 0 Å². The molecule has 0 unspecified atom stereocenters. The predicted octanol–water partition coefficient (Wildman–Crippen LogP) is 5.53. The summed E-state index contributed by atoms with van der Waals surface area (Å²) in [5, 5.41) is 12.8. The largest absolute Gasteiger partial charge is 0.508 e. The highest BCUT2D eigenvalue weighted by molar-refractivity contribution is 9.10. The first-order chi connectivity index (χ1) is 11.8. The van der Waals surface area contributed by atoms with Crippen LogP contribution in [0.5, 0.6) is 5.75 Å². The van der Waals surface area contributed by atoms with Crippen molar-refractivity contribution in [1.29, 1.82) is 0 Å². The molecular formula is C18H21BrNO4P. The summed E-state index contributed by atoms with van der Waals surface area (Å²) < 4.78 is 25.8. The minimum Gasteiger partial charge on any atom is -0.508 e. The standard InChI is InChI=1S/C18H21BrNO4P/c1-18(2)11-23-25(22,24-12-18)17(13-3-9-16(21)10-4-13)20-15-7-5-14(19)6-8-15/h3-10,17,20-21H,11-12H2,1-2H3/t17-/m1/s1. The van der Waals surface area contributed by atoms with Crippen molar-refractivity contribution < 1.29 is 18.7 Å². The minimum atomic E-state index is -3.42. The number of halogens is 1. The van der Waals surface area contributed by atoms with E-state index < -0.39 is 13.4 Å². The van der Waals surface area contributed by atoms with Crippen LogP contribution in [-0.2, 0) is 13.6 Å². The molecule has 134 valence electrons. The van der Waals surface area contributed by atoms with Gasteiger partial charge in [-0.15, -0.1) is 0 Å². The van der Waals surface area contributed by atoms with Crippen LogP contribution in [0.25, 0.3) is 0 Å². The second-order valence-corrected chi connectivity index (χ2v) is 9.92. The Morgan fingerprint density at radius 1 is 1.08 bits per heavy atom. The van der Waals surface area contributed by atoms with E-state index in [4.69, 9.17) is 9.05 Å². The summed E-state index contributed by atoms with van der Waals surface area (Å²) in [6.45, 7) is 4.74. The second kappa shape index (κ2) is 7.12. The number of aromatic hydroxyl groups is 1. The van der Waals surface area contributed by atoms with Gasteiger partial charge in [-0.3, -0.25) is 4.57 Å². The number of phenols is 1. The second-order valence-electron chi connectivity index (χ2n) is 6.90. The first kappa shape index (κ1) is 18.5. The molecule has 0 aromatic heterocycles. The SMILES string of the molecule is CC1(C)COP(=O)([C@@H](Nc2ccc(Br)cc2)c2ccc(O)cc2)OC1. The van der Waals surface area contributed by atoms with Crippen molar-refractivity contribution in [2.45, 2.75) is 19.6 Å². The lowest BCUT2D eigenvalue weighted by molar-refractivity contribution is 0.0387. The summed E-state index contributed by atoms with van der Waals surface area (Å²) in [6.07, 6.45) is 0. The van der Waals surface area contributed by atoms with Gasteiger partial charge in [0.05, 0.1) is 13.2 Å². The average Bonchev–Trinajstić information content (AvgIpc) is 2.58. The summed E-state index contributed by atoms with van der Waals surface area (Å²) in [4.78, 5) is 0. The van der Waals surface area contributed by atoms with Crippen LogP contribution in [0.1, 0.15) is 25.2 Å². The molecule has 1 fully saturated rings. The molecule has 3 rings (SSSR count). The molecule has 0 spiro atoms. The monoisotopic (exact) mass is 425 g/mol. The van der Waals surface area contributed by atoms with Crippen LogP contribution in [0, 0.1) is 5.41 Å². The summed E-state index contributed by atoms with van der Waals surface area (Å²) >= 11 is 3.40. The van der Waals surface area contributed by atoms with Gasteiger partial charge in [-0.2, -0.15) is 0 Å². The molecule has 1 heterocycles. The Morgan fingerprint density at radius 2 is 1.64 bits per heavy atom. The Balaban J connectivity index is 1.92. The van der Waals surface area contributed by atoms with E-state index in [0.717, 1.165) is 15.7 Å². The van der Waals surface area contributed by atoms with Crippen LogP contribution < -0.4 is 5.32 Å². The lowest BCUT2D eigenvalue weighted by atomic mass is 9.97. The van der Waals surface area contributed by atoms with E-state index in [0.29, 0.717) is 13.2 Å². The van der Waals surface area contributed by atoms with Gasteiger partial charge in [0.1, 0.15) is 5.75 Å². The molecule has 2 aromatic rings. The number of phenolic OH excluding ortho intramolecular Hbond substituents is 1. The third-order valence-electron chi connectivity index (χ3n) is 3.94. The highest BCUT2D eigenvalue weighted by Crippen LogP contribution is 2.64. The number of hydrogen-bond acceptors (Lipinski definition) is 5. The van der Waals surface area contributed by atoms with Gasteiger partial charge in [0.15, 0.2) is 5.78 Å². The van der Waals surface area contributed by atoms with Crippen molar-refractivity contribution in [3.8, 4) is 5.75 Å². The highest BCUT2D eigenvalue weighted by atomic mass is 79.9. The van der Waals surface area contributed by atoms with Crippen LogP contribution in [0.15, 0.2) is 53.0 Å². The fourth-order valence-electron chi connectivity index (χ4n) is 2.46. The summed E-state index contributed by atoms with van der Waals surface area (Å²) in [5.74, 6) is -0.513. The third kappa shape index (κ3) is 4.45. The Bertz CT molecular complexity index is 763. The molecule has 1 aliphatic rings. The molecule has 0 bridgehead atoms. The lowest BCUT2D eigenvalue weighted by Gasteiger charge is -2.38. The highest BCUT2D eigenvalue weighted by Gasteiger charge is 2.43. The molecule has 7 heteroatoms. The normalized spacial score (nSPS) is 20.0. The van der Waals surface area contributed by atoms with Crippen molar-refractivity contribution in [2.24, 2.45) is 5.41 Å². The summed E-state index contributed by atoms with van der Waals surface area (Å²) in [6, 6.07) is 14.1. The van der Waals surface area contributed by atoms with Gasteiger partial charge in [0.2, 0.25) is 0 Å². The molecule has 1 saturated heterocycles. The van der Waals surface area contributed by atoms with Gasteiger partial charge in [-0.1, -0.05) is 41.9 Å². The molecule has 0 aliphatic carbocycles. The number of nitrogens with one attached hydrogen (secondary N) is 1. The zero-order valence-corrected chi connectivity index (χ0v) is 16.6. The molecule has 2 aromatic carbocycles. The van der Waals surface area contributed by atoms with E-state index in [1.54, 1.807) is 24.3 Å². The molecular weight excluding hydrogens is 405 g/mol. The van der Waals surface area contributed by atoms with Crippen LogP contribution in [0.2, 0.25) is 0 Å². The Labute approximate surface area is 156 Å². The van der Waals surface area contributed by atoms with Crippen molar-refractivity contribution in [3.63, 3.8) is 0 Å². The van der Waals surface area contributed by atoms with E-state index in [1.165, 1.54) is 0 Å². The van der Waals surface area contributed by atoms with Gasteiger partial charge in [-0.05, 0) is 42.0 Å². The van der Waals surface area contributed by atoms with E-state index in [1.807, 2.05) is 38.1 Å². The number of hydrogen-bond donors (Lipinski definition) is 2. The fourth-order valence-corrected chi connectivity index (χ4v) is 5.00. The first-order valence-electron chi connectivity index (χ1n) is 7.97. The first-order valence-corrected chi connectivity index (χ1v) is 10.4. The van der Waals surface area contributed by atoms with Crippen LogP contribution in [0.4, 0.5) is 5.69 Å². The van der Waals surface area contributed by atoms with Gasteiger partial charge in [0.25, 0.3) is 0 Å².